The maximum atomic E-state index is 4.02. The van der Waals surface area contributed by atoms with Crippen LogP contribution in [0.15, 0.2) is 24.9 Å². The van der Waals surface area contributed by atoms with Gasteiger partial charge in [0, 0.05) is 25.7 Å². The van der Waals surface area contributed by atoms with Crippen LogP contribution in [0.4, 0.5) is 0 Å². The van der Waals surface area contributed by atoms with Crippen molar-refractivity contribution < 1.29 is 0 Å². The van der Waals surface area contributed by atoms with Crippen molar-refractivity contribution in [2.45, 2.75) is 19.8 Å². The number of hydrogen-bond acceptors (Lipinski definition) is 1. The molecular weight excluding hydrogens is 134 g/mol. The van der Waals surface area contributed by atoms with E-state index >= 15 is 0 Å². The molecule has 0 radical (unpaired) electrons. The molecule has 1 atom stereocenters. The Labute approximate surface area is 70.4 Å². The highest BCUT2D eigenvalue weighted by Gasteiger charge is 2.09. The van der Waals surface area contributed by atoms with Crippen LogP contribution in [-0.4, -0.2) is 19.0 Å². The molecule has 0 spiro atoms. The molecule has 0 saturated heterocycles. The Kier molecular flexibility index (Phi) is 4.67. The van der Waals surface area contributed by atoms with Crippen molar-refractivity contribution in [3.05, 3.63) is 24.9 Å². The van der Waals surface area contributed by atoms with Crippen LogP contribution in [0.3, 0.4) is 0 Å². The van der Waals surface area contributed by atoms with Gasteiger partial charge >= 0.3 is 0 Å². The molecule has 0 N–H and O–H groups in total. The van der Waals surface area contributed by atoms with Crippen LogP contribution >= 0.6 is 0 Å². The Morgan fingerprint density at radius 2 is 2.09 bits per heavy atom. The highest BCUT2D eigenvalue weighted by atomic mass is 15.1. The first-order chi connectivity index (χ1) is 5.13. The Morgan fingerprint density at radius 3 is 2.36 bits per heavy atom. The maximum absolute atomic E-state index is 4.02. The van der Waals surface area contributed by atoms with E-state index in [1.165, 1.54) is 5.70 Å². The SMILES string of the molecule is C=CCC(CC)C(=C)N(C)C. The number of hydrogen-bond donors (Lipinski definition) is 0. The third-order valence-corrected chi connectivity index (χ3v) is 1.99. The van der Waals surface area contributed by atoms with E-state index in [-0.39, 0.29) is 0 Å². The molecule has 0 aromatic carbocycles. The first kappa shape index (κ1) is 10.3. The lowest BCUT2D eigenvalue weighted by Gasteiger charge is -2.23. The fourth-order valence-corrected chi connectivity index (χ4v) is 1.10. The fourth-order valence-electron chi connectivity index (χ4n) is 1.10. The molecule has 0 amide bonds. The number of allylic oxidation sites excluding steroid dienone is 2. The van der Waals surface area contributed by atoms with Gasteiger partial charge < -0.3 is 4.90 Å². The second-order valence-electron chi connectivity index (χ2n) is 3.02. The van der Waals surface area contributed by atoms with Gasteiger partial charge in [0.2, 0.25) is 0 Å². The van der Waals surface area contributed by atoms with Gasteiger partial charge in [-0.25, -0.2) is 0 Å². The van der Waals surface area contributed by atoms with Crippen molar-refractivity contribution in [1.29, 1.82) is 0 Å². The van der Waals surface area contributed by atoms with E-state index in [9.17, 15) is 0 Å². The van der Waals surface area contributed by atoms with Gasteiger partial charge in [-0.3, -0.25) is 0 Å². The molecule has 0 aromatic rings. The molecule has 1 unspecified atom stereocenters. The summed E-state index contributed by atoms with van der Waals surface area (Å²) in [7, 11) is 4.07. The predicted molar refractivity (Wildman–Crippen MR) is 51.4 cm³/mol. The second kappa shape index (κ2) is 5.00. The minimum absolute atomic E-state index is 0.572. The average molecular weight is 153 g/mol. The van der Waals surface area contributed by atoms with Gasteiger partial charge in [0.25, 0.3) is 0 Å². The maximum Gasteiger partial charge on any atom is 0.00890 e. The summed E-state index contributed by atoms with van der Waals surface area (Å²) in [5, 5.41) is 0. The Balaban J connectivity index is 4.02. The zero-order chi connectivity index (χ0) is 8.85. The summed E-state index contributed by atoms with van der Waals surface area (Å²) in [6.45, 7) is 9.94. The summed E-state index contributed by atoms with van der Waals surface area (Å²) in [5.41, 5.74) is 1.20. The third kappa shape index (κ3) is 3.26. The monoisotopic (exact) mass is 153 g/mol. The predicted octanol–water partition coefficient (Wildman–Crippen LogP) is 2.66. The first-order valence-corrected chi connectivity index (χ1v) is 4.10. The van der Waals surface area contributed by atoms with E-state index in [2.05, 4.69) is 25.0 Å². The van der Waals surface area contributed by atoms with E-state index in [4.69, 9.17) is 0 Å². The lowest BCUT2D eigenvalue weighted by molar-refractivity contribution is 0.412. The highest BCUT2D eigenvalue weighted by molar-refractivity contribution is 4.99. The molecule has 0 heterocycles. The highest BCUT2D eigenvalue weighted by Crippen LogP contribution is 2.18. The van der Waals surface area contributed by atoms with Crippen LogP contribution in [0.1, 0.15) is 19.8 Å². The summed E-state index contributed by atoms with van der Waals surface area (Å²) in [5.74, 6) is 0.572. The van der Waals surface area contributed by atoms with Gasteiger partial charge in [-0.1, -0.05) is 19.6 Å². The molecule has 0 rings (SSSR count). The molecule has 0 fully saturated rings. The smallest absolute Gasteiger partial charge is 0.00890 e. The van der Waals surface area contributed by atoms with Gasteiger partial charge in [-0.2, -0.15) is 0 Å². The van der Waals surface area contributed by atoms with Gasteiger partial charge in [0.1, 0.15) is 0 Å². The molecule has 1 nitrogen and oxygen atoms in total. The molecule has 0 aliphatic carbocycles. The topological polar surface area (TPSA) is 3.24 Å². The van der Waals surface area contributed by atoms with Gasteiger partial charge in [0.05, 0.1) is 0 Å². The van der Waals surface area contributed by atoms with E-state index < -0.39 is 0 Å². The summed E-state index contributed by atoms with van der Waals surface area (Å²) in [4.78, 5) is 2.08. The molecule has 0 bridgehead atoms. The summed E-state index contributed by atoms with van der Waals surface area (Å²) in [6.07, 6.45) is 4.14. The zero-order valence-electron chi connectivity index (χ0n) is 7.93. The average Bonchev–Trinajstić information content (AvgIpc) is 1.98. The third-order valence-electron chi connectivity index (χ3n) is 1.99. The summed E-state index contributed by atoms with van der Waals surface area (Å²) >= 11 is 0. The van der Waals surface area contributed by atoms with Crippen LogP contribution in [0.2, 0.25) is 0 Å². The molecule has 0 aliphatic rings. The molecule has 64 valence electrons. The van der Waals surface area contributed by atoms with Crippen LogP contribution in [0, 0.1) is 5.92 Å². The lowest BCUT2D eigenvalue weighted by Crippen LogP contribution is -2.17. The van der Waals surface area contributed by atoms with Crippen molar-refractivity contribution in [2.75, 3.05) is 14.1 Å². The molecular formula is C10H19N. The minimum Gasteiger partial charge on any atom is -0.381 e. The summed E-state index contributed by atoms with van der Waals surface area (Å²) in [6, 6.07) is 0. The molecule has 0 saturated carbocycles. The van der Waals surface area contributed by atoms with Crippen molar-refractivity contribution in [3.8, 4) is 0 Å². The number of nitrogens with zero attached hydrogens (tertiary/aromatic N) is 1. The normalized spacial score (nSPS) is 12.3. The quantitative estimate of drug-likeness (QED) is 0.549. The van der Waals surface area contributed by atoms with E-state index in [1.807, 2.05) is 20.2 Å². The Hall–Kier alpha value is -0.720. The van der Waals surface area contributed by atoms with Gasteiger partial charge in [0.15, 0.2) is 0 Å². The molecule has 0 aliphatic heterocycles. The van der Waals surface area contributed by atoms with E-state index in [0.717, 1.165) is 12.8 Å². The fraction of sp³-hybridized carbons (Fsp3) is 0.600. The van der Waals surface area contributed by atoms with Crippen LogP contribution in [0.5, 0.6) is 0 Å². The Bertz CT molecular complexity index is 136. The Morgan fingerprint density at radius 1 is 1.55 bits per heavy atom. The largest absolute Gasteiger partial charge is 0.381 e. The number of rotatable bonds is 5. The molecule has 11 heavy (non-hydrogen) atoms. The van der Waals surface area contributed by atoms with E-state index in [0.29, 0.717) is 5.92 Å². The van der Waals surface area contributed by atoms with Crippen molar-refractivity contribution >= 4 is 0 Å². The zero-order valence-corrected chi connectivity index (χ0v) is 7.93. The van der Waals surface area contributed by atoms with E-state index in [1.54, 1.807) is 0 Å². The standard InChI is InChI=1S/C10H19N/c1-6-8-10(7-2)9(3)11(4)5/h6,10H,1,3,7-8H2,2,4-5H3. The van der Waals surface area contributed by atoms with Crippen LogP contribution < -0.4 is 0 Å². The van der Waals surface area contributed by atoms with Crippen molar-refractivity contribution in [2.24, 2.45) is 5.92 Å². The lowest BCUT2D eigenvalue weighted by atomic mass is 9.99. The van der Waals surface area contributed by atoms with Crippen molar-refractivity contribution in [3.63, 3.8) is 0 Å². The first-order valence-electron chi connectivity index (χ1n) is 4.10. The second-order valence-corrected chi connectivity index (χ2v) is 3.02. The van der Waals surface area contributed by atoms with Gasteiger partial charge in [-0.15, -0.1) is 6.58 Å². The molecule has 1 heteroatoms. The molecule has 0 aromatic heterocycles. The summed E-state index contributed by atoms with van der Waals surface area (Å²) < 4.78 is 0. The van der Waals surface area contributed by atoms with Crippen molar-refractivity contribution in [1.82, 2.24) is 4.90 Å². The van der Waals surface area contributed by atoms with Crippen LogP contribution in [-0.2, 0) is 0 Å². The van der Waals surface area contributed by atoms with Crippen LogP contribution in [0.25, 0.3) is 0 Å². The van der Waals surface area contributed by atoms with Gasteiger partial charge in [-0.05, 0) is 12.8 Å². The minimum atomic E-state index is 0.572.